The molecule has 6 aromatic carbocycles. The van der Waals surface area contributed by atoms with Gasteiger partial charge in [0.05, 0.1) is 0 Å². The summed E-state index contributed by atoms with van der Waals surface area (Å²) in [6, 6.07) is 53.9. The minimum absolute atomic E-state index is 0.0217. The van der Waals surface area contributed by atoms with Crippen LogP contribution in [0, 0.1) is 0 Å². The molecule has 61 heavy (non-hydrogen) atoms. The molecule has 0 bridgehead atoms. The number of ketones is 3. The van der Waals surface area contributed by atoms with Crippen LogP contribution in [-0.4, -0.2) is 28.2 Å². The maximum absolute atomic E-state index is 12.4. The highest BCUT2D eigenvalue weighted by Gasteiger charge is 2.12. The standard InChI is InChI=1S/C22H19NO2.C16H16O.C15H15NO.C2H6/c1-2-16-7-6-10-20(15-16)23-22(25)19-13-11-18(12-14-19)21(24)17-8-4-3-5-9-17;1-12(2)13-8-10-15(11-9-13)16(17)14-6-4-3-5-7-14;1-11(2)14-9-8-13(10-16-14)15(17)12-6-4-3-5-7-12;1-2/h3-15H,2H2,1H3,(H,23,25);3-12H,1-2H3;3-11H,1-2H3;1-2H3. The van der Waals surface area contributed by atoms with Crippen molar-refractivity contribution in [3.05, 3.63) is 238 Å². The predicted molar refractivity (Wildman–Crippen MR) is 250 cm³/mol. The molecule has 6 nitrogen and oxygen atoms in total. The van der Waals surface area contributed by atoms with Gasteiger partial charge in [-0.05, 0) is 65.8 Å². The summed E-state index contributed by atoms with van der Waals surface area (Å²) in [6.45, 7) is 14.5. The number of anilines is 1. The summed E-state index contributed by atoms with van der Waals surface area (Å²) in [6.07, 6.45) is 2.57. The number of hydrogen-bond acceptors (Lipinski definition) is 5. The minimum atomic E-state index is -0.188. The number of nitrogens with one attached hydrogen (secondary N) is 1. The van der Waals surface area contributed by atoms with Crippen molar-refractivity contribution in [1.29, 1.82) is 0 Å². The highest BCUT2D eigenvalue weighted by molar-refractivity contribution is 6.11. The molecule has 6 heteroatoms. The molecule has 0 saturated carbocycles. The third-order valence-electron chi connectivity index (χ3n) is 9.59. The Morgan fingerprint density at radius 3 is 1.28 bits per heavy atom. The number of nitrogens with zero attached hydrogens (tertiary/aromatic N) is 1. The van der Waals surface area contributed by atoms with Crippen molar-refractivity contribution in [1.82, 2.24) is 4.98 Å². The van der Waals surface area contributed by atoms with E-state index in [1.807, 2.05) is 153 Å². The monoisotopic (exact) mass is 808 g/mol. The average Bonchev–Trinajstić information content (AvgIpc) is 3.33. The highest BCUT2D eigenvalue weighted by Crippen LogP contribution is 2.18. The number of rotatable bonds is 11. The first kappa shape index (κ1) is 46.6. The molecule has 0 aliphatic rings. The van der Waals surface area contributed by atoms with E-state index < -0.39 is 0 Å². The number of hydrogen-bond donors (Lipinski definition) is 1. The van der Waals surface area contributed by atoms with Crippen LogP contribution in [0.4, 0.5) is 5.69 Å². The van der Waals surface area contributed by atoms with Crippen LogP contribution in [0.5, 0.6) is 0 Å². The first-order valence-electron chi connectivity index (χ1n) is 20.9. The summed E-state index contributed by atoms with van der Waals surface area (Å²) in [4.78, 5) is 53.3. The van der Waals surface area contributed by atoms with Crippen LogP contribution in [-0.2, 0) is 6.42 Å². The summed E-state index contributed by atoms with van der Waals surface area (Å²) >= 11 is 0. The fraction of sp³-hybridized carbons (Fsp3) is 0.182. The number of aryl methyl sites for hydroxylation is 1. The van der Waals surface area contributed by atoms with Gasteiger partial charge in [-0.25, -0.2) is 0 Å². The van der Waals surface area contributed by atoms with Crippen molar-refractivity contribution < 1.29 is 19.2 Å². The van der Waals surface area contributed by atoms with Gasteiger partial charge in [0.1, 0.15) is 0 Å². The summed E-state index contributed by atoms with van der Waals surface area (Å²) in [5.41, 5.74) is 8.76. The van der Waals surface area contributed by atoms with E-state index in [4.69, 9.17) is 0 Å². The molecule has 0 saturated heterocycles. The van der Waals surface area contributed by atoms with Gasteiger partial charge in [-0.1, -0.05) is 188 Å². The Morgan fingerprint density at radius 2 is 0.869 bits per heavy atom. The molecule has 310 valence electrons. The maximum atomic E-state index is 12.4. The fourth-order valence-corrected chi connectivity index (χ4v) is 6.01. The van der Waals surface area contributed by atoms with E-state index in [0.29, 0.717) is 39.7 Å². The van der Waals surface area contributed by atoms with Crippen LogP contribution in [0.3, 0.4) is 0 Å². The molecule has 1 amide bonds. The molecular weight excluding hydrogens is 753 g/mol. The van der Waals surface area contributed by atoms with Gasteiger partial charge in [0.25, 0.3) is 5.91 Å². The van der Waals surface area contributed by atoms with Crippen molar-refractivity contribution in [3.63, 3.8) is 0 Å². The molecule has 1 N–H and O–H groups in total. The van der Waals surface area contributed by atoms with Crippen LogP contribution in [0.25, 0.3) is 0 Å². The largest absolute Gasteiger partial charge is 0.322 e. The van der Waals surface area contributed by atoms with Crippen LogP contribution in [0.15, 0.2) is 182 Å². The molecular formula is C55H56N2O4. The van der Waals surface area contributed by atoms with Crippen LogP contribution in [0.2, 0.25) is 0 Å². The second-order valence-corrected chi connectivity index (χ2v) is 14.6. The SMILES string of the molecule is CC.CC(C)c1ccc(C(=O)c2ccccc2)cc1.CC(C)c1ccc(C(=O)c2ccccc2)cn1.CCc1cccc(NC(=O)c2ccc(C(=O)c3ccccc3)cc2)c1. The summed E-state index contributed by atoms with van der Waals surface area (Å²) < 4.78 is 0. The Hall–Kier alpha value is -7.05. The zero-order valence-corrected chi connectivity index (χ0v) is 36.3. The topological polar surface area (TPSA) is 93.2 Å². The lowest BCUT2D eigenvalue weighted by Crippen LogP contribution is -2.12. The highest BCUT2D eigenvalue weighted by atomic mass is 16.2. The summed E-state index contributed by atoms with van der Waals surface area (Å²) in [5.74, 6) is 0.747. The number of benzene rings is 6. The molecule has 0 spiro atoms. The van der Waals surface area contributed by atoms with E-state index in [2.05, 4.69) is 44.9 Å². The van der Waals surface area contributed by atoms with Gasteiger partial charge >= 0.3 is 0 Å². The van der Waals surface area contributed by atoms with Crippen molar-refractivity contribution >= 4 is 28.9 Å². The van der Waals surface area contributed by atoms with E-state index in [1.165, 1.54) is 11.1 Å². The van der Waals surface area contributed by atoms with Crippen molar-refractivity contribution in [2.24, 2.45) is 0 Å². The second-order valence-electron chi connectivity index (χ2n) is 14.6. The lowest BCUT2D eigenvalue weighted by Gasteiger charge is -2.07. The Balaban J connectivity index is 0.000000203. The molecule has 0 aliphatic heterocycles. The predicted octanol–water partition coefficient (Wildman–Crippen LogP) is 13.2. The van der Waals surface area contributed by atoms with Crippen molar-refractivity contribution in [2.75, 3.05) is 5.32 Å². The van der Waals surface area contributed by atoms with Crippen molar-refractivity contribution in [2.45, 2.75) is 66.7 Å². The molecule has 1 heterocycles. The number of amides is 1. The summed E-state index contributed by atoms with van der Waals surface area (Å²) in [5, 5.41) is 2.89. The lowest BCUT2D eigenvalue weighted by molar-refractivity contribution is 0.101. The minimum Gasteiger partial charge on any atom is -0.322 e. The second kappa shape index (κ2) is 24.1. The molecule has 0 unspecified atom stereocenters. The number of carbonyl (C=O) groups is 4. The van der Waals surface area contributed by atoms with Gasteiger partial charge in [0, 0.05) is 56.5 Å². The van der Waals surface area contributed by atoms with E-state index >= 15 is 0 Å². The summed E-state index contributed by atoms with van der Waals surface area (Å²) in [7, 11) is 0. The fourth-order valence-electron chi connectivity index (χ4n) is 6.01. The average molecular weight is 809 g/mol. The molecule has 7 rings (SSSR count). The Labute approximate surface area is 361 Å². The molecule has 0 aliphatic carbocycles. The van der Waals surface area contributed by atoms with Gasteiger partial charge in [-0.3, -0.25) is 24.2 Å². The Morgan fingerprint density at radius 1 is 0.459 bits per heavy atom. The van der Waals surface area contributed by atoms with E-state index in [1.54, 1.807) is 42.6 Å². The number of pyridine rings is 1. The molecule has 7 aromatic rings. The van der Waals surface area contributed by atoms with Crippen LogP contribution in [0.1, 0.15) is 135 Å². The van der Waals surface area contributed by atoms with Gasteiger partial charge in [-0.15, -0.1) is 0 Å². The normalized spacial score (nSPS) is 10.2. The maximum Gasteiger partial charge on any atom is 0.255 e. The molecule has 0 radical (unpaired) electrons. The number of aromatic nitrogens is 1. The molecule has 1 aromatic heterocycles. The Kier molecular flexibility index (Phi) is 18.5. The number of carbonyl (C=O) groups excluding carboxylic acids is 4. The molecule has 0 atom stereocenters. The third-order valence-corrected chi connectivity index (χ3v) is 9.59. The quantitative estimate of drug-likeness (QED) is 0.131. The third kappa shape index (κ3) is 14.0. The van der Waals surface area contributed by atoms with E-state index in [9.17, 15) is 19.2 Å². The zero-order chi connectivity index (χ0) is 44.1. The first-order valence-corrected chi connectivity index (χ1v) is 20.9. The van der Waals surface area contributed by atoms with Crippen LogP contribution >= 0.6 is 0 Å². The van der Waals surface area contributed by atoms with Crippen LogP contribution < -0.4 is 5.32 Å². The van der Waals surface area contributed by atoms with E-state index in [0.717, 1.165) is 28.9 Å². The van der Waals surface area contributed by atoms with Gasteiger partial charge in [0.2, 0.25) is 0 Å². The molecule has 0 fully saturated rings. The van der Waals surface area contributed by atoms with Crippen molar-refractivity contribution in [3.8, 4) is 0 Å². The van der Waals surface area contributed by atoms with Gasteiger partial charge in [-0.2, -0.15) is 0 Å². The Bertz CT molecular complexity index is 2330. The smallest absolute Gasteiger partial charge is 0.255 e. The first-order chi connectivity index (χ1) is 29.5. The zero-order valence-electron chi connectivity index (χ0n) is 36.3. The lowest BCUT2D eigenvalue weighted by atomic mass is 9.98. The van der Waals surface area contributed by atoms with Gasteiger partial charge < -0.3 is 5.32 Å². The van der Waals surface area contributed by atoms with Gasteiger partial charge in [0.15, 0.2) is 17.3 Å². The van der Waals surface area contributed by atoms with E-state index in [-0.39, 0.29) is 23.3 Å².